The molecule has 0 fully saturated rings. The second-order valence-corrected chi connectivity index (χ2v) is 4.53. The van der Waals surface area contributed by atoms with Gasteiger partial charge in [-0.25, -0.2) is 4.98 Å². The van der Waals surface area contributed by atoms with Gasteiger partial charge in [-0.15, -0.1) is 0 Å². The van der Waals surface area contributed by atoms with Gasteiger partial charge in [0.05, 0.1) is 17.7 Å². The molecule has 1 aromatic carbocycles. The highest BCUT2D eigenvalue weighted by Crippen LogP contribution is 2.20. The van der Waals surface area contributed by atoms with Crippen molar-refractivity contribution in [3.05, 3.63) is 67.0 Å². The fourth-order valence-electron chi connectivity index (χ4n) is 2.11. The van der Waals surface area contributed by atoms with Crippen molar-refractivity contribution in [2.45, 2.75) is 6.54 Å². The van der Waals surface area contributed by atoms with Crippen molar-refractivity contribution in [2.24, 2.45) is 7.05 Å². The molecule has 0 saturated carbocycles. The molecular weight excluding hydrogens is 236 g/mol. The first-order chi connectivity index (χ1) is 9.33. The lowest BCUT2D eigenvalue weighted by Gasteiger charge is -2.11. The minimum absolute atomic E-state index is 0.812. The quantitative estimate of drug-likeness (QED) is 0.775. The fourth-order valence-corrected chi connectivity index (χ4v) is 2.11. The first kappa shape index (κ1) is 11.6. The van der Waals surface area contributed by atoms with Gasteiger partial charge in [0.2, 0.25) is 0 Å². The summed E-state index contributed by atoms with van der Waals surface area (Å²) in [5.74, 6) is 0. The normalized spacial score (nSPS) is 10.6. The second kappa shape index (κ2) is 5.02. The maximum Gasteiger partial charge on any atom is 0.0992 e. The molecule has 0 aliphatic carbocycles. The van der Waals surface area contributed by atoms with Gasteiger partial charge in [0.1, 0.15) is 0 Å². The number of hydrogen-bond donors (Lipinski definition) is 1. The van der Waals surface area contributed by atoms with Gasteiger partial charge in [0.25, 0.3) is 0 Å². The Kier molecular flexibility index (Phi) is 3.06. The Labute approximate surface area is 112 Å². The molecule has 2 heterocycles. The van der Waals surface area contributed by atoms with Crippen LogP contribution in [0.2, 0.25) is 0 Å². The van der Waals surface area contributed by atoms with Crippen LogP contribution in [0, 0.1) is 0 Å². The summed E-state index contributed by atoms with van der Waals surface area (Å²) in [6, 6.07) is 10.3. The van der Waals surface area contributed by atoms with Crippen molar-refractivity contribution >= 4 is 5.69 Å². The summed E-state index contributed by atoms with van der Waals surface area (Å²) in [6.07, 6.45) is 9.71. The summed E-state index contributed by atoms with van der Waals surface area (Å²) in [4.78, 5) is 4.09. The molecule has 2 aromatic heterocycles. The molecule has 0 amide bonds. The molecule has 0 bridgehead atoms. The van der Waals surface area contributed by atoms with E-state index in [1.54, 1.807) is 6.20 Å². The van der Waals surface area contributed by atoms with Gasteiger partial charge < -0.3 is 14.5 Å². The average Bonchev–Trinajstić information content (AvgIpc) is 3.08. The van der Waals surface area contributed by atoms with E-state index in [4.69, 9.17) is 0 Å². The number of nitrogens with one attached hydrogen (secondary N) is 1. The van der Waals surface area contributed by atoms with E-state index in [0.29, 0.717) is 0 Å². The lowest BCUT2D eigenvalue weighted by atomic mass is 10.2. The zero-order valence-electron chi connectivity index (χ0n) is 10.8. The van der Waals surface area contributed by atoms with Gasteiger partial charge in [-0.3, -0.25) is 0 Å². The highest BCUT2D eigenvalue weighted by atomic mass is 15.1. The van der Waals surface area contributed by atoms with Gasteiger partial charge in [0, 0.05) is 38.4 Å². The minimum atomic E-state index is 0.812. The highest BCUT2D eigenvalue weighted by Gasteiger charge is 2.03. The molecule has 0 spiro atoms. The molecule has 3 aromatic rings. The maximum atomic E-state index is 4.09. The molecule has 0 aliphatic rings. The molecule has 4 heteroatoms. The van der Waals surface area contributed by atoms with Crippen molar-refractivity contribution in [1.29, 1.82) is 0 Å². The van der Waals surface area contributed by atoms with Crippen LogP contribution in [0.25, 0.3) is 5.69 Å². The number of benzene rings is 1. The van der Waals surface area contributed by atoms with Crippen LogP contribution in [0.5, 0.6) is 0 Å². The second-order valence-electron chi connectivity index (χ2n) is 4.53. The molecule has 96 valence electrons. The van der Waals surface area contributed by atoms with Gasteiger partial charge >= 0.3 is 0 Å². The van der Waals surface area contributed by atoms with E-state index in [2.05, 4.69) is 45.5 Å². The predicted octanol–water partition coefficient (Wildman–Crippen LogP) is 2.82. The maximum absolute atomic E-state index is 4.09. The van der Waals surface area contributed by atoms with Gasteiger partial charge in [-0.1, -0.05) is 12.1 Å². The van der Waals surface area contributed by atoms with E-state index in [-0.39, 0.29) is 0 Å². The van der Waals surface area contributed by atoms with E-state index < -0.39 is 0 Å². The Morgan fingerprint density at radius 1 is 1.16 bits per heavy atom. The smallest absolute Gasteiger partial charge is 0.0992 e. The predicted molar refractivity (Wildman–Crippen MR) is 76.3 cm³/mol. The third-order valence-corrected chi connectivity index (χ3v) is 3.06. The molecule has 0 saturated heterocycles. The molecular formula is C15H16N4. The molecule has 19 heavy (non-hydrogen) atoms. The summed E-state index contributed by atoms with van der Waals surface area (Å²) in [7, 11) is 2.03. The third-order valence-electron chi connectivity index (χ3n) is 3.06. The fraction of sp³-hybridized carbons (Fsp3) is 0.133. The molecule has 1 N–H and O–H groups in total. The molecule has 4 nitrogen and oxygen atoms in total. The summed E-state index contributed by atoms with van der Waals surface area (Å²) >= 11 is 0. The lowest BCUT2D eigenvalue weighted by molar-refractivity contribution is 0.920. The van der Waals surface area contributed by atoms with Crippen molar-refractivity contribution in [1.82, 2.24) is 14.1 Å². The Hall–Kier alpha value is -2.49. The Bertz CT molecular complexity index is 652. The SMILES string of the molecule is Cn1ccc(CNc2ccccc2-n2ccnc2)c1. The summed E-state index contributed by atoms with van der Waals surface area (Å²) in [5.41, 5.74) is 3.48. The molecule has 0 radical (unpaired) electrons. The summed E-state index contributed by atoms with van der Waals surface area (Å²) in [5, 5.41) is 3.47. The van der Waals surface area contributed by atoms with Crippen LogP contribution in [0.15, 0.2) is 61.4 Å². The Morgan fingerprint density at radius 2 is 2.05 bits per heavy atom. The van der Waals surface area contributed by atoms with Crippen molar-refractivity contribution in [2.75, 3.05) is 5.32 Å². The van der Waals surface area contributed by atoms with E-state index in [1.165, 1.54) is 5.56 Å². The number of anilines is 1. The summed E-state index contributed by atoms with van der Waals surface area (Å²) < 4.78 is 4.06. The summed E-state index contributed by atoms with van der Waals surface area (Å²) in [6.45, 7) is 0.812. The van der Waals surface area contributed by atoms with Crippen LogP contribution in [-0.4, -0.2) is 14.1 Å². The van der Waals surface area contributed by atoms with E-state index in [1.807, 2.05) is 36.3 Å². The van der Waals surface area contributed by atoms with Crippen LogP contribution in [0.1, 0.15) is 5.56 Å². The molecule has 0 atom stereocenters. The Balaban J connectivity index is 1.81. The number of nitrogens with zero attached hydrogens (tertiary/aromatic N) is 3. The van der Waals surface area contributed by atoms with Crippen LogP contribution in [0.4, 0.5) is 5.69 Å². The highest BCUT2D eigenvalue weighted by molar-refractivity contribution is 5.61. The standard InChI is InChI=1S/C15H16N4/c1-18-8-6-13(11-18)10-17-14-4-2-3-5-15(14)19-9-7-16-12-19/h2-9,11-12,17H,10H2,1H3. The van der Waals surface area contributed by atoms with E-state index in [9.17, 15) is 0 Å². The number of hydrogen-bond acceptors (Lipinski definition) is 2. The first-order valence-corrected chi connectivity index (χ1v) is 6.25. The third kappa shape index (κ3) is 2.52. The first-order valence-electron chi connectivity index (χ1n) is 6.25. The van der Waals surface area contributed by atoms with Crippen LogP contribution in [0.3, 0.4) is 0 Å². The van der Waals surface area contributed by atoms with Crippen molar-refractivity contribution in [3.8, 4) is 5.69 Å². The van der Waals surface area contributed by atoms with E-state index >= 15 is 0 Å². The van der Waals surface area contributed by atoms with Crippen molar-refractivity contribution in [3.63, 3.8) is 0 Å². The number of imidazole rings is 1. The number of aromatic nitrogens is 3. The zero-order valence-corrected chi connectivity index (χ0v) is 10.8. The van der Waals surface area contributed by atoms with Gasteiger partial charge in [-0.2, -0.15) is 0 Å². The molecule has 0 unspecified atom stereocenters. The largest absolute Gasteiger partial charge is 0.379 e. The zero-order chi connectivity index (χ0) is 13.1. The minimum Gasteiger partial charge on any atom is -0.379 e. The van der Waals surface area contributed by atoms with Crippen LogP contribution in [-0.2, 0) is 13.6 Å². The lowest BCUT2D eigenvalue weighted by Crippen LogP contribution is -2.03. The van der Waals surface area contributed by atoms with E-state index in [0.717, 1.165) is 17.9 Å². The van der Waals surface area contributed by atoms with Crippen molar-refractivity contribution < 1.29 is 0 Å². The molecule has 0 aliphatic heterocycles. The average molecular weight is 252 g/mol. The molecule has 3 rings (SSSR count). The topological polar surface area (TPSA) is 34.8 Å². The monoisotopic (exact) mass is 252 g/mol. The van der Waals surface area contributed by atoms with Gasteiger partial charge in [-0.05, 0) is 23.8 Å². The number of aryl methyl sites for hydroxylation is 1. The van der Waals surface area contributed by atoms with Crippen LogP contribution >= 0.6 is 0 Å². The number of rotatable bonds is 4. The van der Waals surface area contributed by atoms with Gasteiger partial charge in [0.15, 0.2) is 0 Å². The number of para-hydroxylation sites is 2. The van der Waals surface area contributed by atoms with Crippen LogP contribution < -0.4 is 5.32 Å². The Morgan fingerprint density at radius 3 is 2.79 bits per heavy atom.